The summed E-state index contributed by atoms with van der Waals surface area (Å²) in [7, 11) is 1.45. The Morgan fingerprint density at radius 2 is 1.89 bits per heavy atom. The minimum absolute atomic E-state index is 0.0567. The minimum Gasteiger partial charge on any atom is -0.496 e. The van der Waals surface area contributed by atoms with Gasteiger partial charge in [-0.1, -0.05) is 6.07 Å². The van der Waals surface area contributed by atoms with Crippen LogP contribution in [0.3, 0.4) is 0 Å². The van der Waals surface area contributed by atoms with E-state index in [0.29, 0.717) is 25.1 Å². The van der Waals surface area contributed by atoms with Crippen LogP contribution in [0.15, 0.2) is 36.4 Å². The number of methoxy groups -OCH3 is 1. The number of carboxylic acids is 1. The molecule has 8 heteroatoms. The molecule has 2 N–H and O–H groups in total. The Morgan fingerprint density at radius 1 is 1.11 bits per heavy atom. The van der Waals surface area contributed by atoms with Gasteiger partial charge in [0, 0.05) is 19.0 Å². The van der Waals surface area contributed by atoms with E-state index in [1.807, 2.05) is 0 Å². The van der Waals surface area contributed by atoms with Gasteiger partial charge in [0.05, 0.1) is 19.3 Å². The molecule has 0 fully saturated rings. The Bertz CT molecular complexity index is 841. The molecule has 28 heavy (non-hydrogen) atoms. The second-order valence-electron chi connectivity index (χ2n) is 5.96. The summed E-state index contributed by atoms with van der Waals surface area (Å²) in [5, 5.41) is 11.7. The average molecular weight is 393 g/mol. The van der Waals surface area contributed by atoms with Crippen LogP contribution in [0.2, 0.25) is 0 Å². The smallest absolute Gasteiger partial charge is 0.335 e. The maximum Gasteiger partial charge on any atom is 0.335 e. The van der Waals surface area contributed by atoms with Crippen molar-refractivity contribution in [2.75, 3.05) is 20.3 Å². The van der Waals surface area contributed by atoms with Gasteiger partial charge in [-0.3, -0.25) is 4.79 Å². The Morgan fingerprint density at radius 3 is 2.57 bits per heavy atom. The second kappa shape index (κ2) is 10.2. The highest BCUT2D eigenvalue weighted by atomic mass is 19.1. The van der Waals surface area contributed by atoms with Crippen molar-refractivity contribution >= 4 is 11.9 Å². The zero-order valence-corrected chi connectivity index (χ0v) is 15.3. The first-order valence-electron chi connectivity index (χ1n) is 8.65. The van der Waals surface area contributed by atoms with Crippen molar-refractivity contribution in [3.05, 3.63) is 59.2 Å². The van der Waals surface area contributed by atoms with E-state index in [2.05, 4.69) is 5.32 Å². The molecule has 150 valence electrons. The fourth-order valence-corrected chi connectivity index (χ4v) is 2.52. The number of halogens is 2. The maximum absolute atomic E-state index is 13.4. The van der Waals surface area contributed by atoms with Gasteiger partial charge in [0.2, 0.25) is 5.91 Å². The Kier molecular flexibility index (Phi) is 7.74. The van der Waals surface area contributed by atoms with E-state index in [1.54, 1.807) is 6.07 Å². The number of carbonyl (C=O) groups is 2. The minimum atomic E-state index is -1.04. The number of rotatable bonds is 10. The number of ether oxygens (including phenoxy) is 2. The monoisotopic (exact) mass is 393 g/mol. The summed E-state index contributed by atoms with van der Waals surface area (Å²) in [6.07, 6.45) is 1.04. The predicted octanol–water partition coefficient (Wildman–Crippen LogP) is 3.19. The van der Waals surface area contributed by atoms with E-state index >= 15 is 0 Å². The van der Waals surface area contributed by atoms with Crippen molar-refractivity contribution in [1.29, 1.82) is 0 Å². The lowest BCUT2D eigenvalue weighted by Gasteiger charge is -2.11. The van der Waals surface area contributed by atoms with E-state index in [4.69, 9.17) is 14.6 Å². The van der Waals surface area contributed by atoms with Crippen LogP contribution in [0.25, 0.3) is 0 Å². The highest BCUT2D eigenvalue weighted by molar-refractivity contribution is 5.88. The second-order valence-corrected chi connectivity index (χ2v) is 5.96. The van der Waals surface area contributed by atoms with Gasteiger partial charge in [-0.2, -0.15) is 0 Å². The van der Waals surface area contributed by atoms with Gasteiger partial charge in [0.25, 0.3) is 0 Å². The molecule has 2 aromatic carbocycles. The largest absolute Gasteiger partial charge is 0.496 e. The van der Waals surface area contributed by atoms with Crippen LogP contribution in [0.4, 0.5) is 8.78 Å². The maximum atomic E-state index is 13.4. The van der Waals surface area contributed by atoms with Gasteiger partial charge in [-0.25, -0.2) is 13.6 Å². The van der Waals surface area contributed by atoms with Crippen LogP contribution in [0.1, 0.15) is 28.8 Å². The first kappa shape index (κ1) is 21.1. The van der Waals surface area contributed by atoms with Crippen LogP contribution >= 0.6 is 0 Å². The third kappa shape index (κ3) is 6.22. The lowest BCUT2D eigenvalue weighted by atomic mass is 10.1. The summed E-state index contributed by atoms with van der Waals surface area (Å²) in [6.45, 7) is 0.482. The van der Waals surface area contributed by atoms with Gasteiger partial charge in [0.15, 0.2) is 11.6 Å². The van der Waals surface area contributed by atoms with E-state index in [1.165, 1.54) is 25.3 Å². The van der Waals surface area contributed by atoms with Gasteiger partial charge < -0.3 is 19.9 Å². The van der Waals surface area contributed by atoms with Crippen molar-refractivity contribution in [1.82, 2.24) is 5.32 Å². The molecule has 2 rings (SSSR count). The van der Waals surface area contributed by atoms with E-state index in [9.17, 15) is 18.4 Å². The van der Waals surface area contributed by atoms with Crippen LogP contribution < -0.4 is 14.8 Å². The number of carbonyl (C=O) groups excluding carboxylic acids is 1. The predicted molar refractivity (Wildman–Crippen MR) is 97.8 cm³/mol. The number of nitrogens with one attached hydrogen (secondary N) is 1. The zero-order valence-electron chi connectivity index (χ0n) is 15.3. The molecular weight excluding hydrogens is 372 g/mol. The van der Waals surface area contributed by atoms with E-state index in [0.717, 1.165) is 17.7 Å². The summed E-state index contributed by atoms with van der Waals surface area (Å²) in [5.74, 6) is -2.31. The molecular formula is C20H21F2NO5. The van der Waals surface area contributed by atoms with E-state index in [-0.39, 0.29) is 30.2 Å². The summed E-state index contributed by atoms with van der Waals surface area (Å²) >= 11 is 0. The Hall–Kier alpha value is -3.16. The highest BCUT2D eigenvalue weighted by Gasteiger charge is 2.10. The van der Waals surface area contributed by atoms with Crippen molar-refractivity contribution in [2.45, 2.75) is 19.3 Å². The van der Waals surface area contributed by atoms with Crippen molar-refractivity contribution in [2.24, 2.45) is 0 Å². The molecule has 2 aromatic rings. The van der Waals surface area contributed by atoms with E-state index < -0.39 is 17.6 Å². The van der Waals surface area contributed by atoms with Gasteiger partial charge >= 0.3 is 5.97 Å². The van der Waals surface area contributed by atoms with Crippen molar-refractivity contribution < 1.29 is 33.0 Å². The summed E-state index contributed by atoms with van der Waals surface area (Å²) in [6, 6.07) is 7.61. The number of aromatic carboxylic acids is 1. The number of benzene rings is 2. The molecule has 0 atom stereocenters. The van der Waals surface area contributed by atoms with Gasteiger partial charge in [-0.05, 0) is 42.7 Å². The first-order valence-corrected chi connectivity index (χ1v) is 8.65. The molecule has 0 aliphatic carbocycles. The topological polar surface area (TPSA) is 84.9 Å². The highest BCUT2D eigenvalue weighted by Crippen LogP contribution is 2.21. The third-order valence-electron chi connectivity index (χ3n) is 3.95. The normalized spacial score (nSPS) is 10.4. The van der Waals surface area contributed by atoms with Crippen LogP contribution in [0, 0.1) is 11.6 Å². The Labute approximate surface area is 161 Å². The Balaban J connectivity index is 1.70. The molecule has 1 amide bonds. The summed E-state index contributed by atoms with van der Waals surface area (Å²) in [4.78, 5) is 22.8. The molecule has 0 bridgehead atoms. The van der Waals surface area contributed by atoms with Crippen LogP contribution in [0.5, 0.6) is 11.5 Å². The van der Waals surface area contributed by atoms with Crippen LogP contribution in [-0.2, 0) is 11.2 Å². The number of carboxylic acid groups (broad SMARTS) is 1. The van der Waals surface area contributed by atoms with Gasteiger partial charge in [0.1, 0.15) is 11.6 Å². The molecule has 0 heterocycles. The fraction of sp³-hybridized carbons (Fsp3) is 0.300. The lowest BCUT2D eigenvalue weighted by molar-refractivity contribution is -0.121. The number of hydrogen-bond donors (Lipinski definition) is 2. The SMILES string of the molecule is COc1cc(C(=O)O)ccc1CCNC(=O)CCCOc1ccc(F)cc1F. The molecule has 0 aromatic heterocycles. The van der Waals surface area contributed by atoms with Gasteiger partial charge in [-0.15, -0.1) is 0 Å². The van der Waals surface area contributed by atoms with Crippen molar-refractivity contribution in [3.63, 3.8) is 0 Å². The first-order chi connectivity index (χ1) is 13.4. The molecule has 0 radical (unpaired) electrons. The summed E-state index contributed by atoms with van der Waals surface area (Å²) in [5.41, 5.74) is 0.908. The zero-order chi connectivity index (χ0) is 20.5. The molecule has 0 saturated heterocycles. The molecule has 0 saturated carbocycles. The molecule has 0 aliphatic rings. The lowest BCUT2D eigenvalue weighted by Crippen LogP contribution is -2.26. The standard InChI is InChI=1S/C20H21F2NO5/c1-27-18-11-14(20(25)26)5-4-13(18)8-9-23-19(24)3-2-10-28-17-7-6-15(21)12-16(17)22/h4-7,11-12H,2-3,8-10H2,1H3,(H,23,24)(H,25,26). The van der Waals surface area contributed by atoms with Crippen molar-refractivity contribution in [3.8, 4) is 11.5 Å². The number of amides is 1. The quantitative estimate of drug-likeness (QED) is 0.606. The molecule has 6 nitrogen and oxygen atoms in total. The molecule has 0 aliphatic heterocycles. The third-order valence-corrected chi connectivity index (χ3v) is 3.95. The fourth-order valence-electron chi connectivity index (χ4n) is 2.52. The summed E-state index contributed by atoms with van der Waals surface area (Å²) < 4.78 is 36.6. The number of hydrogen-bond acceptors (Lipinski definition) is 4. The molecule has 0 unspecified atom stereocenters. The van der Waals surface area contributed by atoms with Crippen LogP contribution in [-0.4, -0.2) is 37.2 Å². The average Bonchev–Trinajstić information content (AvgIpc) is 2.66. The molecule has 0 spiro atoms.